The van der Waals surface area contributed by atoms with Crippen molar-refractivity contribution < 1.29 is 28.2 Å². The van der Waals surface area contributed by atoms with Crippen LogP contribution in [0.3, 0.4) is 0 Å². The Morgan fingerprint density at radius 1 is 0.892 bits per heavy atom. The van der Waals surface area contributed by atoms with Crippen LogP contribution in [0, 0.1) is 19.7 Å². The van der Waals surface area contributed by atoms with Gasteiger partial charge in [-0.1, -0.05) is 17.7 Å². The van der Waals surface area contributed by atoms with Crippen molar-refractivity contribution in [1.82, 2.24) is 5.43 Å². The van der Waals surface area contributed by atoms with E-state index in [4.69, 9.17) is 9.47 Å². The van der Waals surface area contributed by atoms with Crippen molar-refractivity contribution in [3.8, 4) is 11.5 Å². The molecule has 37 heavy (non-hydrogen) atoms. The molecule has 0 aliphatic carbocycles. The van der Waals surface area contributed by atoms with E-state index in [9.17, 15) is 18.8 Å². The zero-order valence-corrected chi connectivity index (χ0v) is 20.6. The Balaban J connectivity index is 1.56. The van der Waals surface area contributed by atoms with E-state index in [0.29, 0.717) is 29.4 Å². The van der Waals surface area contributed by atoms with Gasteiger partial charge in [0, 0.05) is 11.4 Å². The van der Waals surface area contributed by atoms with Gasteiger partial charge in [-0.15, -0.1) is 0 Å². The minimum absolute atomic E-state index is 0.222. The van der Waals surface area contributed by atoms with Gasteiger partial charge in [0.1, 0.15) is 5.82 Å². The highest BCUT2D eigenvalue weighted by Gasteiger charge is 2.13. The van der Waals surface area contributed by atoms with E-state index in [1.54, 1.807) is 25.1 Å². The molecular weight excluding hydrogens is 479 g/mol. The van der Waals surface area contributed by atoms with Gasteiger partial charge >= 0.3 is 11.8 Å². The highest BCUT2D eigenvalue weighted by Crippen LogP contribution is 2.28. The second kappa shape index (κ2) is 12.8. The Kier molecular flexibility index (Phi) is 9.31. The molecule has 3 N–H and O–H groups in total. The van der Waals surface area contributed by atoms with Crippen molar-refractivity contribution in [2.75, 3.05) is 23.8 Å². The van der Waals surface area contributed by atoms with Crippen LogP contribution in [-0.2, 0) is 14.4 Å². The van der Waals surface area contributed by atoms with Gasteiger partial charge in [0.25, 0.3) is 5.91 Å². The largest absolute Gasteiger partial charge is 0.490 e. The molecule has 9 nitrogen and oxygen atoms in total. The lowest BCUT2D eigenvalue weighted by atomic mass is 10.1. The smallest absolute Gasteiger partial charge is 0.329 e. The number of nitrogens with zero attached hydrogens (tertiary/aromatic N) is 1. The number of hydrogen-bond acceptors (Lipinski definition) is 6. The van der Waals surface area contributed by atoms with Crippen LogP contribution >= 0.6 is 0 Å². The third-order valence-corrected chi connectivity index (χ3v) is 4.97. The maximum absolute atomic E-state index is 12.9. The SMILES string of the molecule is CCOc1cc(/C=N\NC(=O)C(=O)Nc2ccc(F)cc2)ccc1OCC(=O)Nc1ccc(C)cc1C. The number of nitrogens with one attached hydrogen (secondary N) is 3. The standard InChI is InChI=1S/C27H27FN4O5/c1-4-36-24-14-19(15-29-32-27(35)26(34)30-21-9-7-20(28)8-10-21)6-12-23(24)37-16-25(33)31-22-11-5-17(2)13-18(22)3/h5-15H,4,16H2,1-3H3,(H,30,34)(H,31,33)(H,32,35)/b29-15-. The van der Waals surface area contributed by atoms with Crippen molar-refractivity contribution in [3.05, 3.63) is 83.2 Å². The topological polar surface area (TPSA) is 118 Å². The van der Waals surface area contributed by atoms with Crippen molar-refractivity contribution in [2.24, 2.45) is 5.10 Å². The molecule has 3 rings (SSSR count). The molecule has 0 aromatic heterocycles. The number of amides is 3. The van der Waals surface area contributed by atoms with Crippen LogP contribution in [-0.4, -0.2) is 37.1 Å². The molecule has 0 saturated heterocycles. The van der Waals surface area contributed by atoms with Crippen LogP contribution in [0.2, 0.25) is 0 Å². The first kappa shape index (κ1) is 26.9. The number of ether oxygens (including phenoxy) is 2. The van der Waals surface area contributed by atoms with Gasteiger partial charge in [0.05, 0.1) is 12.8 Å². The van der Waals surface area contributed by atoms with Crippen LogP contribution in [0.1, 0.15) is 23.6 Å². The lowest BCUT2D eigenvalue weighted by Crippen LogP contribution is -2.32. The lowest BCUT2D eigenvalue weighted by Gasteiger charge is -2.13. The molecular formula is C27H27FN4O5. The number of anilines is 2. The summed E-state index contributed by atoms with van der Waals surface area (Å²) in [5.74, 6) is -2.00. The summed E-state index contributed by atoms with van der Waals surface area (Å²) in [5, 5.41) is 8.93. The van der Waals surface area contributed by atoms with E-state index in [2.05, 4.69) is 21.2 Å². The molecule has 0 spiro atoms. The van der Waals surface area contributed by atoms with Gasteiger partial charge < -0.3 is 20.1 Å². The molecule has 0 aliphatic rings. The summed E-state index contributed by atoms with van der Waals surface area (Å²) in [5.41, 5.74) is 5.70. The molecule has 0 fully saturated rings. The highest BCUT2D eigenvalue weighted by molar-refractivity contribution is 6.39. The summed E-state index contributed by atoms with van der Waals surface area (Å²) in [6.07, 6.45) is 1.32. The Hall–Kier alpha value is -4.73. The monoisotopic (exact) mass is 506 g/mol. The van der Waals surface area contributed by atoms with Crippen molar-refractivity contribution in [3.63, 3.8) is 0 Å². The Morgan fingerprint density at radius 2 is 1.65 bits per heavy atom. The van der Waals surface area contributed by atoms with Crippen LogP contribution in [0.15, 0.2) is 65.8 Å². The van der Waals surface area contributed by atoms with Gasteiger partial charge in [-0.25, -0.2) is 9.82 Å². The maximum Gasteiger partial charge on any atom is 0.329 e. The van der Waals surface area contributed by atoms with Crippen LogP contribution in [0.25, 0.3) is 0 Å². The molecule has 3 aromatic carbocycles. The predicted molar refractivity (Wildman–Crippen MR) is 138 cm³/mol. The Labute approximate surface area is 213 Å². The first-order valence-electron chi connectivity index (χ1n) is 11.4. The Morgan fingerprint density at radius 3 is 2.35 bits per heavy atom. The van der Waals surface area contributed by atoms with Gasteiger partial charge in [-0.3, -0.25) is 14.4 Å². The average molecular weight is 507 g/mol. The fourth-order valence-electron chi connectivity index (χ4n) is 3.21. The van der Waals surface area contributed by atoms with E-state index in [0.717, 1.165) is 23.3 Å². The van der Waals surface area contributed by atoms with E-state index in [-0.39, 0.29) is 18.2 Å². The summed E-state index contributed by atoms with van der Waals surface area (Å²) >= 11 is 0. The number of hydrazone groups is 1. The van der Waals surface area contributed by atoms with Gasteiger partial charge in [0.15, 0.2) is 18.1 Å². The summed E-state index contributed by atoms with van der Waals surface area (Å²) in [7, 11) is 0. The number of carbonyl (C=O) groups is 3. The third kappa shape index (κ3) is 8.17. The Bertz CT molecular complexity index is 1310. The average Bonchev–Trinajstić information content (AvgIpc) is 2.86. The van der Waals surface area contributed by atoms with Crippen LogP contribution in [0.4, 0.5) is 15.8 Å². The summed E-state index contributed by atoms with van der Waals surface area (Å²) in [4.78, 5) is 36.3. The summed E-state index contributed by atoms with van der Waals surface area (Å²) < 4.78 is 24.2. The number of hydrogen-bond donors (Lipinski definition) is 3. The number of aryl methyl sites for hydroxylation is 2. The molecule has 0 unspecified atom stereocenters. The molecule has 10 heteroatoms. The molecule has 0 heterocycles. The predicted octanol–water partition coefficient (Wildman–Crippen LogP) is 3.95. The first-order chi connectivity index (χ1) is 17.7. The summed E-state index contributed by atoms with van der Waals surface area (Å²) in [6, 6.07) is 15.6. The van der Waals surface area contributed by atoms with E-state index in [1.165, 1.54) is 18.3 Å². The fraction of sp³-hybridized carbons (Fsp3) is 0.185. The first-order valence-corrected chi connectivity index (χ1v) is 11.4. The zero-order chi connectivity index (χ0) is 26.8. The lowest BCUT2D eigenvalue weighted by molar-refractivity contribution is -0.136. The molecule has 192 valence electrons. The number of halogens is 1. The molecule has 0 radical (unpaired) electrons. The molecule has 0 aliphatic heterocycles. The van der Waals surface area contributed by atoms with Crippen LogP contribution < -0.4 is 25.5 Å². The maximum atomic E-state index is 12.9. The minimum Gasteiger partial charge on any atom is -0.490 e. The number of benzene rings is 3. The van der Waals surface area contributed by atoms with Crippen molar-refractivity contribution in [2.45, 2.75) is 20.8 Å². The highest BCUT2D eigenvalue weighted by atomic mass is 19.1. The molecule has 0 bridgehead atoms. The van der Waals surface area contributed by atoms with Gasteiger partial charge in [-0.05, 0) is 80.4 Å². The second-order valence-electron chi connectivity index (χ2n) is 7.95. The molecule has 3 aromatic rings. The van der Waals surface area contributed by atoms with Crippen molar-refractivity contribution in [1.29, 1.82) is 0 Å². The van der Waals surface area contributed by atoms with Gasteiger partial charge in [-0.2, -0.15) is 5.10 Å². The second-order valence-corrected chi connectivity index (χ2v) is 7.95. The quantitative estimate of drug-likeness (QED) is 0.231. The normalized spacial score (nSPS) is 10.6. The minimum atomic E-state index is -1.000. The number of carbonyl (C=O) groups excluding carboxylic acids is 3. The molecule has 0 saturated carbocycles. The number of rotatable bonds is 9. The summed E-state index contributed by atoms with van der Waals surface area (Å²) in [6.45, 7) is 5.83. The van der Waals surface area contributed by atoms with E-state index >= 15 is 0 Å². The van der Waals surface area contributed by atoms with E-state index < -0.39 is 17.6 Å². The fourth-order valence-corrected chi connectivity index (χ4v) is 3.21. The third-order valence-electron chi connectivity index (χ3n) is 4.97. The zero-order valence-electron chi connectivity index (χ0n) is 20.6. The van der Waals surface area contributed by atoms with E-state index in [1.807, 2.05) is 32.0 Å². The molecule has 0 atom stereocenters. The van der Waals surface area contributed by atoms with Gasteiger partial charge in [0.2, 0.25) is 0 Å². The van der Waals surface area contributed by atoms with Crippen molar-refractivity contribution >= 4 is 35.3 Å². The van der Waals surface area contributed by atoms with Crippen LogP contribution in [0.5, 0.6) is 11.5 Å². The molecule has 3 amide bonds.